The molecule has 3 aromatic rings. The first-order valence-electron chi connectivity index (χ1n) is 18.4. The minimum atomic E-state index is -0.799. The van der Waals surface area contributed by atoms with Gasteiger partial charge in [-0.3, -0.25) is 25.8 Å². The van der Waals surface area contributed by atoms with Crippen LogP contribution in [0.15, 0.2) is 24.4 Å². The normalized spacial score (nSPS) is 38.0. The first-order chi connectivity index (χ1) is 24.3. The number of nitrogens with zero attached hydrogens (tertiary/aromatic N) is 7. The minimum Gasteiger partial charge on any atom is -0.375 e. The third kappa shape index (κ3) is 6.18. The quantitative estimate of drug-likeness (QED) is 0.342. The second-order valence-corrected chi connectivity index (χ2v) is 15.7. The Morgan fingerprint density at radius 1 is 0.960 bits per heavy atom. The summed E-state index contributed by atoms with van der Waals surface area (Å²) in [6.45, 7) is 6.99. The zero-order valence-corrected chi connectivity index (χ0v) is 29.1. The Hall–Kier alpha value is -2.59. The van der Waals surface area contributed by atoms with Crippen molar-refractivity contribution in [2.24, 2.45) is 5.92 Å². The number of hydrogen-bond donors (Lipinski definition) is 3. The van der Waals surface area contributed by atoms with E-state index in [0.29, 0.717) is 42.8 Å². The lowest BCUT2D eigenvalue weighted by molar-refractivity contribution is -0.00972. The summed E-state index contributed by atoms with van der Waals surface area (Å²) in [4.78, 5) is 16.7. The molecule has 3 N–H and O–H groups in total. The molecule has 0 amide bonds. The number of fused-ring (bicyclic) bond motifs is 8. The van der Waals surface area contributed by atoms with Crippen molar-refractivity contribution < 1.29 is 17.9 Å². The van der Waals surface area contributed by atoms with Gasteiger partial charge in [0.15, 0.2) is 11.5 Å². The molecular formula is C35H46ClF3N10O. The number of anilines is 1. The highest BCUT2D eigenvalue weighted by Gasteiger charge is 2.51. The monoisotopic (exact) mass is 714 g/mol. The van der Waals surface area contributed by atoms with Crippen molar-refractivity contribution in [2.45, 2.75) is 107 Å². The number of benzene rings is 1. The molecular weight excluding hydrogens is 669 g/mol. The lowest BCUT2D eigenvalue weighted by atomic mass is 9.74. The molecule has 270 valence electrons. The van der Waals surface area contributed by atoms with Crippen LogP contribution in [0.3, 0.4) is 0 Å². The molecule has 9 rings (SSSR count). The second kappa shape index (κ2) is 13.4. The fourth-order valence-electron chi connectivity index (χ4n) is 10.1. The summed E-state index contributed by atoms with van der Waals surface area (Å²) in [6.07, 6.45) is 7.31. The van der Waals surface area contributed by atoms with E-state index in [2.05, 4.69) is 47.7 Å². The first-order valence-corrected chi connectivity index (χ1v) is 18.8. The number of rotatable bonds is 2. The Labute approximate surface area is 295 Å². The van der Waals surface area contributed by atoms with Crippen LogP contribution in [0.1, 0.15) is 51.9 Å². The van der Waals surface area contributed by atoms with Crippen LogP contribution in [0.2, 0.25) is 5.28 Å². The van der Waals surface area contributed by atoms with Gasteiger partial charge in [0.05, 0.1) is 30.0 Å². The number of hydrogen-bond acceptors (Lipinski definition) is 10. The number of nitrogens with one attached hydrogen (secondary N) is 3. The molecule has 5 aliphatic heterocycles. The van der Waals surface area contributed by atoms with Crippen LogP contribution in [-0.2, 0) is 4.74 Å². The summed E-state index contributed by atoms with van der Waals surface area (Å²) in [5.41, 5.74) is 0.449. The highest BCUT2D eigenvalue weighted by molar-refractivity contribution is 6.28. The van der Waals surface area contributed by atoms with Gasteiger partial charge in [-0.05, 0) is 81.5 Å². The van der Waals surface area contributed by atoms with Gasteiger partial charge >= 0.3 is 0 Å². The number of piperidine rings is 1. The van der Waals surface area contributed by atoms with Crippen molar-refractivity contribution in [2.75, 3.05) is 44.2 Å². The van der Waals surface area contributed by atoms with Gasteiger partial charge in [0, 0.05) is 75.6 Å². The summed E-state index contributed by atoms with van der Waals surface area (Å²) >= 11 is 6.59. The molecule has 2 aromatic heterocycles. The van der Waals surface area contributed by atoms with Gasteiger partial charge in [-0.15, -0.1) is 0 Å². The standard InChI is InChI=1S/C35H46ClF3N10O/c1-19-41-29-12-21(38)10-25-28-4-2-5-31(43-28)42-22-13-23(16-46-8-3-9-50-24(17-46)18-47(19)32(25)29)48(15-22)33-26-14-40-49(34(26)45-35(36)44-33)30-7-6-20(37)11-27(30)39/h6-7,11,14,19,21-25,28-29,31-32,41-43H,2-5,8-10,12-13,15-18H2,1H3/t19?,21?,22-,23-,24-,25?,28?,29?,31?,32?/m0/s1. The second-order valence-electron chi connectivity index (χ2n) is 15.3. The fraction of sp³-hybridized carbons (Fsp3) is 0.686. The van der Waals surface area contributed by atoms with Crippen molar-refractivity contribution in [3.05, 3.63) is 41.3 Å². The maximum atomic E-state index is 15.4. The zero-order chi connectivity index (χ0) is 34.1. The first kappa shape index (κ1) is 33.3. The van der Waals surface area contributed by atoms with E-state index in [4.69, 9.17) is 21.3 Å². The van der Waals surface area contributed by atoms with E-state index in [9.17, 15) is 8.78 Å². The predicted octanol–water partition coefficient (Wildman–Crippen LogP) is 3.59. The Bertz CT molecular complexity index is 1720. The molecule has 6 fully saturated rings. The molecule has 1 aromatic carbocycles. The Balaban J connectivity index is 1.07. The average molecular weight is 715 g/mol. The van der Waals surface area contributed by atoms with E-state index in [-0.39, 0.29) is 65.5 Å². The molecule has 0 spiro atoms. The van der Waals surface area contributed by atoms with E-state index in [1.54, 1.807) is 6.20 Å². The molecule has 1 aliphatic carbocycles. The Kier molecular flexibility index (Phi) is 8.93. The topological polar surface area (TPSA) is 98.6 Å². The fourth-order valence-corrected chi connectivity index (χ4v) is 10.3. The Morgan fingerprint density at radius 3 is 2.74 bits per heavy atom. The largest absolute Gasteiger partial charge is 0.375 e. The highest BCUT2D eigenvalue weighted by Crippen LogP contribution is 2.40. The highest BCUT2D eigenvalue weighted by atomic mass is 35.5. The summed E-state index contributed by atoms with van der Waals surface area (Å²) < 4.78 is 52.0. The zero-order valence-electron chi connectivity index (χ0n) is 28.3. The van der Waals surface area contributed by atoms with E-state index in [1.807, 2.05) is 0 Å². The summed E-state index contributed by atoms with van der Waals surface area (Å²) in [7, 11) is 0. The van der Waals surface area contributed by atoms with Gasteiger partial charge in [-0.25, -0.2) is 17.9 Å². The lowest BCUT2D eigenvalue weighted by Gasteiger charge is -2.47. The van der Waals surface area contributed by atoms with Crippen molar-refractivity contribution >= 4 is 28.5 Å². The molecule has 11 nitrogen and oxygen atoms in total. The minimum absolute atomic E-state index is 0.0361. The molecule has 7 heterocycles. The van der Waals surface area contributed by atoms with Gasteiger partial charge in [0.2, 0.25) is 5.28 Å². The van der Waals surface area contributed by atoms with Crippen LogP contribution in [-0.4, -0.2) is 124 Å². The van der Waals surface area contributed by atoms with E-state index >= 15 is 4.39 Å². The van der Waals surface area contributed by atoms with Crippen molar-refractivity contribution in [1.82, 2.24) is 45.5 Å². The van der Waals surface area contributed by atoms with Gasteiger partial charge in [0.1, 0.15) is 23.5 Å². The van der Waals surface area contributed by atoms with Crippen LogP contribution < -0.4 is 20.9 Å². The molecule has 15 heteroatoms. The van der Waals surface area contributed by atoms with Crippen molar-refractivity contribution in [3.8, 4) is 5.69 Å². The van der Waals surface area contributed by atoms with Crippen molar-refractivity contribution in [1.29, 1.82) is 0 Å². The summed E-state index contributed by atoms with van der Waals surface area (Å²) in [6, 6.07) is 4.30. The van der Waals surface area contributed by atoms with E-state index in [1.165, 1.54) is 16.8 Å². The molecule has 6 aliphatic rings. The van der Waals surface area contributed by atoms with Crippen LogP contribution >= 0.6 is 11.6 Å². The molecule has 0 radical (unpaired) electrons. The molecule has 1 saturated carbocycles. The number of aromatic nitrogens is 4. The number of alkyl halides is 1. The summed E-state index contributed by atoms with van der Waals surface area (Å²) in [5, 5.41) is 16.9. The van der Waals surface area contributed by atoms with Crippen LogP contribution in [0.5, 0.6) is 0 Å². The average Bonchev–Trinajstić information content (AvgIpc) is 3.71. The molecule has 5 saturated heterocycles. The maximum Gasteiger partial charge on any atom is 0.226 e. The van der Waals surface area contributed by atoms with Crippen molar-refractivity contribution in [3.63, 3.8) is 0 Å². The molecule has 8 unspecified atom stereocenters. The van der Waals surface area contributed by atoms with Crippen LogP contribution in [0.25, 0.3) is 16.7 Å². The third-order valence-electron chi connectivity index (χ3n) is 12.1. The summed E-state index contributed by atoms with van der Waals surface area (Å²) in [5.74, 6) is -0.538. The number of halogens is 4. The van der Waals surface area contributed by atoms with E-state index in [0.717, 1.165) is 64.3 Å². The SMILES string of the molecule is CC1NC2CC(F)CC3C4CCCC(N4)N[C@H]4C[C@@H](CN5CCCO[C@@H](C5)CN1C23)N(c1nc(Cl)nc2c1cnn2-c1ccc(F)cc1F)C4. The maximum absolute atomic E-state index is 15.4. The molecule has 6 bridgehead atoms. The molecule has 50 heavy (non-hydrogen) atoms. The number of ether oxygens (including phenoxy) is 1. The predicted molar refractivity (Wildman–Crippen MR) is 184 cm³/mol. The van der Waals surface area contributed by atoms with Gasteiger partial charge in [0.25, 0.3) is 0 Å². The Morgan fingerprint density at radius 2 is 1.86 bits per heavy atom. The van der Waals surface area contributed by atoms with Crippen LogP contribution in [0, 0.1) is 17.6 Å². The smallest absolute Gasteiger partial charge is 0.226 e. The van der Waals surface area contributed by atoms with Gasteiger partial charge in [-0.1, -0.05) is 0 Å². The third-order valence-corrected chi connectivity index (χ3v) is 12.3. The van der Waals surface area contributed by atoms with Gasteiger partial charge < -0.3 is 9.64 Å². The lowest BCUT2D eigenvalue weighted by Crippen LogP contribution is -2.61. The van der Waals surface area contributed by atoms with Gasteiger partial charge in [-0.2, -0.15) is 15.1 Å². The van der Waals surface area contributed by atoms with E-state index < -0.39 is 17.8 Å². The molecule has 11 atom stereocenters. The van der Waals surface area contributed by atoms with Crippen LogP contribution in [0.4, 0.5) is 19.0 Å².